The highest BCUT2D eigenvalue weighted by Gasteiger charge is 2.82. The summed E-state index contributed by atoms with van der Waals surface area (Å²) in [6.45, 7) is 4.15. The lowest BCUT2D eigenvalue weighted by Crippen LogP contribution is -2.69. The van der Waals surface area contributed by atoms with E-state index in [9.17, 15) is 40.6 Å². The Labute approximate surface area is 139 Å². The molecule has 0 aromatic heterocycles. The van der Waals surface area contributed by atoms with E-state index in [1.54, 1.807) is 6.92 Å². The molecule has 1 aliphatic heterocycles. The molecule has 1 heterocycles. The van der Waals surface area contributed by atoms with Gasteiger partial charge >= 0.3 is 18.0 Å². The van der Waals surface area contributed by atoms with Gasteiger partial charge in [-0.1, -0.05) is 27.2 Å². The van der Waals surface area contributed by atoms with Gasteiger partial charge in [0.15, 0.2) is 0 Å². The van der Waals surface area contributed by atoms with E-state index in [0.29, 0.717) is 12.8 Å². The first-order chi connectivity index (χ1) is 11.1. The molecule has 25 heavy (non-hydrogen) atoms. The lowest BCUT2D eigenvalue weighted by molar-refractivity contribution is -0.401. The molecule has 4 nitrogen and oxygen atoms in total. The minimum atomic E-state index is -6.62. The number of unbranched alkanes of at least 4 members (excludes halogenated alkanes) is 1. The number of halogens is 7. The maximum absolute atomic E-state index is 14.2. The Hall–Kier alpha value is -1.39. The molecule has 0 bridgehead atoms. The van der Waals surface area contributed by atoms with Gasteiger partial charge in [0.25, 0.3) is 0 Å². The number of nitrogens with zero attached hydrogens (tertiary/aromatic N) is 2. The lowest BCUT2D eigenvalue weighted by Gasteiger charge is -2.41. The molecule has 1 unspecified atom stereocenters. The van der Waals surface area contributed by atoms with Gasteiger partial charge in [-0.2, -0.15) is 40.8 Å². The molecule has 0 aliphatic carbocycles. The van der Waals surface area contributed by atoms with E-state index < -0.39 is 42.0 Å². The lowest BCUT2D eigenvalue weighted by atomic mass is 9.91. The minimum absolute atomic E-state index is 0.0195. The van der Waals surface area contributed by atoms with Gasteiger partial charge in [-0.3, -0.25) is 4.79 Å². The van der Waals surface area contributed by atoms with E-state index >= 15 is 0 Å². The monoisotopic (exact) mass is 380 g/mol. The van der Waals surface area contributed by atoms with Gasteiger partial charge in [-0.15, -0.1) is 0 Å². The predicted molar refractivity (Wildman–Crippen MR) is 74.2 cm³/mol. The summed E-state index contributed by atoms with van der Waals surface area (Å²) in [5, 5.41) is 13.2. The number of alkyl halides is 7. The average Bonchev–Trinajstić information content (AvgIpc) is 2.81. The van der Waals surface area contributed by atoms with Crippen LogP contribution in [0, 0.1) is 5.92 Å². The van der Waals surface area contributed by atoms with Gasteiger partial charge in [0.1, 0.15) is 0 Å². The number of hydrazone groups is 1. The van der Waals surface area contributed by atoms with Crippen molar-refractivity contribution in [3.8, 4) is 0 Å². The Morgan fingerprint density at radius 3 is 2.16 bits per heavy atom. The Balaban J connectivity index is 3.39. The van der Waals surface area contributed by atoms with Crippen LogP contribution >= 0.6 is 0 Å². The fourth-order valence-corrected chi connectivity index (χ4v) is 2.29. The first kappa shape index (κ1) is 21.7. The van der Waals surface area contributed by atoms with Crippen molar-refractivity contribution < 1.29 is 40.6 Å². The van der Waals surface area contributed by atoms with Gasteiger partial charge < -0.3 is 5.11 Å². The zero-order valence-corrected chi connectivity index (χ0v) is 13.8. The standard InChI is InChI=1S/C14H19F7N2O2/c1-4-5-6-9-7-11(25,23(22-9)10(24)8(2)3)12(15,16)13(17,18)14(19,20)21/h8,25H,4-7H2,1-3H3. The second-order valence-electron chi connectivity index (χ2n) is 6.21. The average molecular weight is 380 g/mol. The van der Waals surface area contributed by atoms with Crippen LogP contribution in [0.3, 0.4) is 0 Å². The summed E-state index contributed by atoms with van der Waals surface area (Å²) >= 11 is 0. The quantitative estimate of drug-likeness (QED) is 0.710. The molecule has 1 amide bonds. The van der Waals surface area contributed by atoms with E-state index in [4.69, 9.17) is 0 Å². The summed E-state index contributed by atoms with van der Waals surface area (Å²) < 4.78 is 92.5. The van der Waals surface area contributed by atoms with Crippen LogP contribution in [-0.2, 0) is 4.79 Å². The van der Waals surface area contributed by atoms with Gasteiger partial charge in [-0.25, -0.2) is 0 Å². The van der Waals surface area contributed by atoms with E-state index in [2.05, 4.69) is 5.10 Å². The molecule has 0 saturated heterocycles. The summed E-state index contributed by atoms with van der Waals surface area (Å²) in [6, 6.07) is 0. The summed E-state index contributed by atoms with van der Waals surface area (Å²) in [5.74, 6) is -14.9. The van der Waals surface area contributed by atoms with Gasteiger partial charge in [0.2, 0.25) is 11.6 Å². The van der Waals surface area contributed by atoms with Crippen molar-refractivity contribution >= 4 is 11.6 Å². The van der Waals surface area contributed by atoms with Crippen LogP contribution in [0.25, 0.3) is 0 Å². The van der Waals surface area contributed by atoms with E-state index in [1.165, 1.54) is 13.8 Å². The van der Waals surface area contributed by atoms with E-state index in [0.717, 1.165) is 0 Å². The van der Waals surface area contributed by atoms with E-state index in [1.807, 2.05) is 0 Å². The highest BCUT2D eigenvalue weighted by atomic mass is 19.4. The van der Waals surface area contributed by atoms with Crippen LogP contribution in [0.4, 0.5) is 30.7 Å². The van der Waals surface area contributed by atoms with E-state index in [-0.39, 0.29) is 17.1 Å². The molecule has 1 N–H and O–H groups in total. The topological polar surface area (TPSA) is 52.9 Å². The summed E-state index contributed by atoms with van der Waals surface area (Å²) in [5.41, 5.74) is -4.34. The number of carbonyl (C=O) groups is 1. The van der Waals surface area contributed by atoms with Crippen molar-refractivity contribution in [2.75, 3.05) is 0 Å². The summed E-state index contributed by atoms with van der Waals surface area (Å²) in [7, 11) is 0. The molecule has 0 aromatic rings. The van der Waals surface area contributed by atoms with Crippen LogP contribution in [0.2, 0.25) is 0 Å². The molecule has 0 fully saturated rings. The Morgan fingerprint density at radius 2 is 1.76 bits per heavy atom. The summed E-state index contributed by atoms with van der Waals surface area (Å²) in [6.07, 6.45) is -6.99. The third-order valence-corrected chi connectivity index (χ3v) is 3.82. The fraction of sp³-hybridized carbons (Fsp3) is 0.857. The number of carbonyl (C=O) groups excluding carboxylic acids is 1. The third kappa shape index (κ3) is 3.47. The maximum Gasteiger partial charge on any atom is 0.460 e. The SMILES string of the molecule is CCCCC1=NN(C(=O)C(C)C)C(O)(C(F)(F)C(F)(F)C(F)(F)F)C1. The zero-order chi connectivity index (χ0) is 19.8. The fourth-order valence-electron chi connectivity index (χ4n) is 2.29. The van der Waals surface area contributed by atoms with Crippen molar-refractivity contribution in [1.29, 1.82) is 0 Å². The zero-order valence-electron chi connectivity index (χ0n) is 13.8. The van der Waals surface area contributed by atoms with Crippen LogP contribution in [-0.4, -0.2) is 45.5 Å². The first-order valence-corrected chi connectivity index (χ1v) is 7.58. The molecule has 11 heteroatoms. The second kappa shape index (κ2) is 6.73. The Kier molecular flexibility index (Phi) is 5.83. The van der Waals surface area contributed by atoms with Crippen LogP contribution in [0.15, 0.2) is 5.10 Å². The maximum atomic E-state index is 14.2. The molecule has 0 aromatic carbocycles. The van der Waals surface area contributed by atoms with Gasteiger partial charge in [0.05, 0.1) is 0 Å². The smallest absolute Gasteiger partial charge is 0.364 e. The van der Waals surface area contributed by atoms with Crippen LogP contribution in [0.5, 0.6) is 0 Å². The van der Waals surface area contributed by atoms with Crippen molar-refractivity contribution in [1.82, 2.24) is 5.01 Å². The molecule has 0 saturated carbocycles. The normalized spacial score (nSPS) is 22.6. The number of hydrogen-bond acceptors (Lipinski definition) is 3. The Morgan fingerprint density at radius 1 is 1.24 bits per heavy atom. The van der Waals surface area contributed by atoms with Gasteiger partial charge in [-0.05, 0) is 12.8 Å². The number of aliphatic hydroxyl groups is 1. The molecule has 1 rings (SSSR count). The predicted octanol–water partition coefficient (Wildman–Crippen LogP) is 3.94. The molecule has 1 atom stereocenters. The molecule has 146 valence electrons. The molecule has 0 spiro atoms. The summed E-state index contributed by atoms with van der Waals surface area (Å²) in [4.78, 5) is 12.0. The van der Waals surface area contributed by atoms with Crippen LogP contribution in [0.1, 0.15) is 46.5 Å². The molecular weight excluding hydrogens is 361 g/mol. The Bertz CT molecular complexity index is 546. The third-order valence-electron chi connectivity index (χ3n) is 3.82. The number of rotatable bonds is 6. The van der Waals surface area contributed by atoms with Crippen molar-refractivity contribution in [3.63, 3.8) is 0 Å². The van der Waals surface area contributed by atoms with Gasteiger partial charge in [0, 0.05) is 18.1 Å². The highest BCUT2D eigenvalue weighted by molar-refractivity contribution is 5.91. The second-order valence-corrected chi connectivity index (χ2v) is 6.21. The molecule has 0 radical (unpaired) electrons. The number of amides is 1. The molecule has 1 aliphatic rings. The first-order valence-electron chi connectivity index (χ1n) is 7.58. The van der Waals surface area contributed by atoms with Crippen LogP contribution < -0.4 is 0 Å². The van der Waals surface area contributed by atoms with Crippen molar-refractivity contribution in [3.05, 3.63) is 0 Å². The minimum Gasteiger partial charge on any atom is -0.364 e. The van der Waals surface area contributed by atoms with Crippen molar-refractivity contribution in [2.24, 2.45) is 11.0 Å². The number of hydrogen-bond donors (Lipinski definition) is 1. The molecular formula is C14H19F7N2O2. The highest BCUT2D eigenvalue weighted by Crippen LogP contribution is 2.54. The van der Waals surface area contributed by atoms with Crippen molar-refractivity contribution in [2.45, 2.75) is 70.2 Å². The largest absolute Gasteiger partial charge is 0.460 e.